The topological polar surface area (TPSA) is 73.6 Å². The molecular formula is C14H20N2O3. The zero-order valence-electron chi connectivity index (χ0n) is 11.3. The van der Waals surface area contributed by atoms with Gasteiger partial charge in [-0.1, -0.05) is 6.07 Å². The molecule has 0 aliphatic heterocycles. The average Bonchev–Trinajstić information content (AvgIpc) is 2.85. The van der Waals surface area contributed by atoms with Crippen LogP contribution in [0.4, 0.5) is 5.69 Å². The molecule has 5 heteroatoms. The van der Waals surface area contributed by atoms with E-state index in [-0.39, 0.29) is 18.1 Å². The van der Waals surface area contributed by atoms with Gasteiger partial charge in [-0.3, -0.25) is 4.79 Å². The van der Waals surface area contributed by atoms with Crippen molar-refractivity contribution < 1.29 is 14.3 Å². The summed E-state index contributed by atoms with van der Waals surface area (Å²) in [5.74, 6) is 0.315. The third kappa shape index (κ3) is 2.98. The van der Waals surface area contributed by atoms with Gasteiger partial charge >= 0.3 is 0 Å². The van der Waals surface area contributed by atoms with Crippen molar-refractivity contribution in [2.24, 2.45) is 0 Å². The lowest BCUT2D eigenvalue weighted by molar-refractivity contribution is 0.0913. The Morgan fingerprint density at radius 2 is 2.16 bits per heavy atom. The molecule has 104 valence electrons. The van der Waals surface area contributed by atoms with E-state index in [0.717, 1.165) is 19.3 Å². The van der Waals surface area contributed by atoms with Crippen LogP contribution in [0.2, 0.25) is 0 Å². The van der Waals surface area contributed by atoms with E-state index in [1.165, 1.54) is 7.11 Å². The van der Waals surface area contributed by atoms with Gasteiger partial charge in [-0.25, -0.2) is 0 Å². The van der Waals surface area contributed by atoms with E-state index in [4.69, 9.17) is 15.2 Å². The number of benzene rings is 1. The SMILES string of the molecule is COc1cccc(N)c1C(=O)NC1CCC(OC)C1. The molecule has 1 aromatic carbocycles. The molecule has 2 unspecified atom stereocenters. The number of nitrogens with one attached hydrogen (secondary N) is 1. The van der Waals surface area contributed by atoms with Crippen LogP contribution in [0.3, 0.4) is 0 Å². The molecule has 1 aliphatic carbocycles. The second-order valence-corrected chi connectivity index (χ2v) is 4.77. The smallest absolute Gasteiger partial charge is 0.257 e. The van der Waals surface area contributed by atoms with E-state index < -0.39 is 0 Å². The monoisotopic (exact) mass is 264 g/mol. The van der Waals surface area contributed by atoms with E-state index in [9.17, 15) is 4.79 Å². The summed E-state index contributed by atoms with van der Waals surface area (Å²) in [4.78, 5) is 12.3. The van der Waals surface area contributed by atoms with Crippen LogP contribution in [-0.2, 0) is 4.74 Å². The number of nitrogens with two attached hydrogens (primary N) is 1. The molecule has 1 saturated carbocycles. The van der Waals surface area contributed by atoms with E-state index in [2.05, 4.69) is 5.32 Å². The van der Waals surface area contributed by atoms with Gasteiger partial charge in [0.25, 0.3) is 5.91 Å². The molecule has 0 saturated heterocycles. The molecule has 0 radical (unpaired) electrons. The first-order valence-electron chi connectivity index (χ1n) is 6.41. The number of amides is 1. The first-order chi connectivity index (χ1) is 9.15. The van der Waals surface area contributed by atoms with E-state index in [1.807, 2.05) is 0 Å². The highest BCUT2D eigenvalue weighted by atomic mass is 16.5. The highest BCUT2D eigenvalue weighted by Gasteiger charge is 2.27. The van der Waals surface area contributed by atoms with Crippen molar-refractivity contribution in [3.63, 3.8) is 0 Å². The zero-order chi connectivity index (χ0) is 13.8. The lowest BCUT2D eigenvalue weighted by atomic mass is 10.1. The lowest BCUT2D eigenvalue weighted by Gasteiger charge is -2.15. The van der Waals surface area contributed by atoms with Crippen molar-refractivity contribution in [2.75, 3.05) is 20.0 Å². The highest BCUT2D eigenvalue weighted by molar-refractivity contribution is 6.02. The zero-order valence-corrected chi connectivity index (χ0v) is 11.3. The van der Waals surface area contributed by atoms with Gasteiger partial charge in [0.1, 0.15) is 11.3 Å². The molecular weight excluding hydrogens is 244 g/mol. The summed E-state index contributed by atoms with van der Waals surface area (Å²) in [5.41, 5.74) is 6.70. The minimum absolute atomic E-state index is 0.141. The second kappa shape index (κ2) is 5.93. The summed E-state index contributed by atoms with van der Waals surface area (Å²) < 4.78 is 10.5. The molecule has 1 aliphatic rings. The fourth-order valence-corrected chi connectivity index (χ4v) is 2.50. The molecule has 0 aromatic heterocycles. The van der Waals surface area contributed by atoms with Crippen molar-refractivity contribution in [1.29, 1.82) is 0 Å². The number of anilines is 1. The Bertz CT molecular complexity index is 462. The third-order valence-electron chi connectivity index (χ3n) is 3.56. The predicted octanol–water partition coefficient (Wildman–Crippen LogP) is 1.57. The van der Waals surface area contributed by atoms with Crippen molar-refractivity contribution in [1.82, 2.24) is 5.32 Å². The van der Waals surface area contributed by atoms with Crippen molar-refractivity contribution in [2.45, 2.75) is 31.4 Å². The Balaban J connectivity index is 2.08. The molecule has 0 bridgehead atoms. The first kappa shape index (κ1) is 13.7. The van der Waals surface area contributed by atoms with Crippen LogP contribution in [0.25, 0.3) is 0 Å². The van der Waals surface area contributed by atoms with Gasteiger partial charge in [-0.05, 0) is 31.4 Å². The lowest BCUT2D eigenvalue weighted by Crippen LogP contribution is -2.34. The maximum Gasteiger partial charge on any atom is 0.257 e. The maximum atomic E-state index is 12.3. The van der Waals surface area contributed by atoms with Gasteiger partial charge in [-0.15, -0.1) is 0 Å². The van der Waals surface area contributed by atoms with Crippen LogP contribution >= 0.6 is 0 Å². The van der Waals surface area contributed by atoms with Gasteiger partial charge < -0.3 is 20.5 Å². The fraction of sp³-hybridized carbons (Fsp3) is 0.500. The quantitative estimate of drug-likeness (QED) is 0.810. The van der Waals surface area contributed by atoms with Crippen LogP contribution in [0.1, 0.15) is 29.6 Å². The summed E-state index contributed by atoms with van der Waals surface area (Å²) >= 11 is 0. The molecule has 2 rings (SSSR count). The summed E-state index contributed by atoms with van der Waals surface area (Å²) in [7, 11) is 3.23. The number of methoxy groups -OCH3 is 2. The van der Waals surface area contributed by atoms with E-state index in [0.29, 0.717) is 17.0 Å². The van der Waals surface area contributed by atoms with Gasteiger partial charge in [0.2, 0.25) is 0 Å². The first-order valence-corrected chi connectivity index (χ1v) is 6.41. The minimum Gasteiger partial charge on any atom is -0.496 e. The molecule has 0 spiro atoms. The van der Waals surface area contributed by atoms with Crippen LogP contribution in [0.5, 0.6) is 5.75 Å². The van der Waals surface area contributed by atoms with Gasteiger partial charge in [-0.2, -0.15) is 0 Å². The Labute approximate surface area is 113 Å². The van der Waals surface area contributed by atoms with Crippen LogP contribution < -0.4 is 15.8 Å². The Morgan fingerprint density at radius 1 is 1.37 bits per heavy atom. The number of ether oxygens (including phenoxy) is 2. The third-order valence-corrected chi connectivity index (χ3v) is 3.56. The van der Waals surface area contributed by atoms with Crippen molar-refractivity contribution >= 4 is 11.6 Å². The maximum absolute atomic E-state index is 12.3. The van der Waals surface area contributed by atoms with Crippen LogP contribution in [0, 0.1) is 0 Å². The summed E-state index contributed by atoms with van der Waals surface area (Å²) in [6, 6.07) is 5.34. The van der Waals surface area contributed by atoms with Crippen molar-refractivity contribution in [3.05, 3.63) is 23.8 Å². The number of nitrogen functional groups attached to an aromatic ring is 1. The van der Waals surface area contributed by atoms with Crippen LogP contribution in [-0.4, -0.2) is 32.3 Å². The number of carbonyl (C=O) groups excluding carboxylic acids is 1. The molecule has 1 aromatic rings. The Kier molecular flexibility index (Phi) is 4.27. The molecule has 3 N–H and O–H groups in total. The second-order valence-electron chi connectivity index (χ2n) is 4.77. The molecule has 0 heterocycles. The summed E-state index contributed by atoms with van der Waals surface area (Å²) in [5, 5.41) is 3.00. The largest absolute Gasteiger partial charge is 0.496 e. The number of carbonyl (C=O) groups is 1. The summed E-state index contributed by atoms with van der Waals surface area (Å²) in [6.07, 6.45) is 2.99. The van der Waals surface area contributed by atoms with E-state index >= 15 is 0 Å². The summed E-state index contributed by atoms with van der Waals surface area (Å²) in [6.45, 7) is 0. The van der Waals surface area contributed by atoms with Crippen LogP contribution in [0.15, 0.2) is 18.2 Å². The molecule has 1 amide bonds. The van der Waals surface area contributed by atoms with Gasteiger partial charge in [0.15, 0.2) is 0 Å². The van der Waals surface area contributed by atoms with Crippen molar-refractivity contribution in [3.8, 4) is 5.75 Å². The van der Waals surface area contributed by atoms with Gasteiger partial charge in [0.05, 0.1) is 13.2 Å². The average molecular weight is 264 g/mol. The highest BCUT2D eigenvalue weighted by Crippen LogP contribution is 2.26. The standard InChI is InChI=1S/C14H20N2O3/c1-18-10-7-6-9(8-10)16-14(17)13-11(15)4-3-5-12(13)19-2/h3-5,9-10H,6-8,15H2,1-2H3,(H,16,17). The van der Waals surface area contributed by atoms with Gasteiger partial charge in [0, 0.05) is 18.8 Å². The number of hydrogen-bond acceptors (Lipinski definition) is 4. The molecule has 2 atom stereocenters. The Morgan fingerprint density at radius 3 is 2.79 bits per heavy atom. The predicted molar refractivity (Wildman–Crippen MR) is 73.3 cm³/mol. The normalized spacial score (nSPS) is 22.2. The molecule has 19 heavy (non-hydrogen) atoms. The van der Waals surface area contributed by atoms with E-state index in [1.54, 1.807) is 25.3 Å². The minimum atomic E-state index is -0.184. The molecule has 5 nitrogen and oxygen atoms in total. The number of hydrogen-bond donors (Lipinski definition) is 2. The number of rotatable bonds is 4. The molecule has 1 fully saturated rings. The Hall–Kier alpha value is -1.75. The fourth-order valence-electron chi connectivity index (χ4n) is 2.50.